The number of hydrogen-bond acceptors (Lipinski definition) is 2. The molecule has 0 spiro atoms. The predicted octanol–water partition coefficient (Wildman–Crippen LogP) is 3.13. The number of nitrogens with zero attached hydrogens (tertiary/aromatic N) is 1. The van der Waals surface area contributed by atoms with Gasteiger partial charge in [-0.15, -0.1) is 0 Å². The van der Waals surface area contributed by atoms with Gasteiger partial charge in [-0.05, 0) is 56.3 Å². The Kier molecular flexibility index (Phi) is 5.93. The maximum atomic E-state index is 13.0. The van der Waals surface area contributed by atoms with Gasteiger partial charge in [0.1, 0.15) is 0 Å². The molecule has 1 aromatic rings. The maximum absolute atomic E-state index is 13.0. The van der Waals surface area contributed by atoms with E-state index in [1.165, 1.54) is 0 Å². The fraction of sp³-hybridized carbons (Fsp3) is 0.588. The average molecular weight is 325 g/mol. The van der Waals surface area contributed by atoms with Crippen LogP contribution in [0, 0.1) is 13.8 Å². The molecule has 4 nitrogen and oxygen atoms in total. The minimum absolute atomic E-state index is 0.0487. The van der Waals surface area contributed by atoms with Gasteiger partial charge in [0.05, 0.1) is 12.1 Å². The second-order valence-electron chi connectivity index (χ2n) is 6.12. The van der Waals surface area contributed by atoms with Crippen molar-refractivity contribution >= 4 is 6.03 Å². The van der Waals surface area contributed by atoms with Crippen molar-refractivity contribution in [2.75, 3.05) is 13.1 Å². The lowest BCUT2D eigenvalue weighted by Gasteiger charge is -2.29. The summed E-state index contributed by atoms with van der Waals surface area (Å²) in [6.45, 7) is 4.75. The second kappa shape index (κ2) is 7.73. The van der Waals surface area contributed by atoms with Crippen molar-refractivity contribution in [3.63, 3.8) is 0 Å². The third kappa shape index (κ3) is 3.99. The lowest BCUT2D eigenvalue weighted by atomic mass is 9.94. The van der Waals surface area contributed by atoms with Crippen molar-refractivity contribution in [2.24, 2.45) is 5.73 Å². The summed E-state index contributed by atoms with van der Waals surface area (Å²) in [5.41, 5.74) is 8.74. The highest BCUT2D eigenvalue weighted by molar-refractivity contribution is 5.75. The molecular formula is C17H25F2N3O. The second-order valence-corrected chi connectivity index (χ2v) is 6.12. The summed E-state index contributed by atoms with van der Waals surface area (Å²) in [6.07, 6.45) is -0.799. The Balaban J connectivity index is 2.16. The zero-order valence-corrected chi connectivity index (χ0v) is 13.7. The Morgan fingerprint density at radius 1 is 1.39 bits per heavy atom. The third-order valence-electron chi connectivity index (χ3n) is 4.48. The van der Waals surface area contributed by atoms with E-state index < -0.39 is 18.5 Å². The van der Waals surface area contributed by atoms with E-state index in [4.69, 9.17) is 5.73 Å². The molecular weight excluding hydrogens is 300 g/mol. The normalized spacial score (nSPS) is 19.2. The topological polar surface area (TPSA) is 58.4 Å². The number of hydrogen-bond donors (Lipinski definition) is 2. The van der Waals surface area contributed by atoms with Gasteiger partial charge < -0.3 is 16.0 Å². The van der Waals surface area contributed by atoms with E-state index in [1.807, 2.05) is 32.0 Å². The number of carbonyl (C=O) groups is 1. The van der Waals surface area contributed by atoms with Gasteiger partial charge in [0.2, 0.25) is 0 Å². The lowest BCUT2D eigenvalue weighted by molar-refractivity contribution is 0.0927. The number of rotatable bonds is 5. The molecule has 1 fully saturated rings. The number of benzene rings is 1. The van der Waals surface area contributed by atoms with Gasteiger partial charge in [0.25, 0.3) is 6.43 Å². The highest BCUT2D eigenvalue weighted by atomic mass is 19.3. The molecule has 2 unspecified atom stereocenters. The molecule has 1 heterocycles. The van der Waals surface area contributed by atoms with Crippen molar-refractivity contribution in [2.45, 2.75) is 51.6 Å². The minimum Gasteiger partial charge on any atom is -0.330 e. The first-order valence-corrected chi connectivity index (χ1v) is 8.07. The standard InChI is InChI=1S/C17H25F2N3O/c1-11-5-3-6-12(2)15(11)14-7-4-10-22(14)17(23)21-13(8-9-20)16(18)19/h3,5-6,13-14,16H,4,7-10,20H2,1-2H3,(H,21,23). The Morgan fingerprint density at radius 3 is 2.61 bits per heavy atom. The summed E-state index contributed by atoms with van der Waals surface area (Å²) in [6, 6.07) is 4.37. The SMILES string of the molecule is Cc1cccc(C)c1C1CCCN1C(=O)NC(CCN)C(F)F. The minimum atomic E-state index is -2.61. The van der Waals surface area contributed by atoms with Crippen molar-refractivity contribution in [1.29, 1.82) is 0 Å². The highest BCUT2D eigenvalue weighted by Crippen LogP contribution is 2.35. The van der Waals surface area contributed by atoms with Gasteiger partial charge in [-0.1, -0.05) is 18.2 Å². The molecule has 0 aromatic heterocycles. The maximum Gasteiger partial charge on any atom is 0.318 e. The molecule has 1 aliphatic heterocycles. The van der Waals surface area contributed by atoms with Gasteiger partial charge in [-0.25, -0.2) is 13.6 Å². The lowest BCUT2D eigenvalue weighted by Crippen LogP contribution is -2.48. The van der Waals surface area contributed by atoms with Crippen LogP contribution in [0.4, 0.5) is 13.6 Å². The average Bonchev–Trinajstić information content (AvgIpc) is 2.95. The third-order valence-corrected chi connectivity index (χ3v) is 4.48. The molecule has 128 valence electrons. The molecule has 1 aromatic carbocycles. The van der Waals surface area contributed by atoms with Crippen LogP contribution in [-0.2, 0) is 0 Å². The number of halogens is 2. The number of nitrogens with two attached hydrogens (primary N) is 1. The van der Waals surface area contributed by atoms with E-state index in [9.17, 15) is 13.6 Å². The van der Waals surface area contributed by atoms with Crippen molar-refractivity contribution < 1.29 is 13.6 Å². The van der Waals surface area contributed by atoms with Gasteiger partial charge in [0, 0.05) is 6.54 Å². The van der Waals surface area contributed by atoms with Crippen LogP contribution in [0.3, 0.4) is 0 Å². The van der Waals surface area contributed by atoms with Gasteiger partial charge >= 0.3 is 6.03 Å². The molecule has 2 amide bonds. The number of carbonyl (C=O) groups excluding carboxylic acids is 1. The zero-order valence-electron chi connectivity index (χ0n) is 13.7. The Bertz CT molecular complexity index is 530. The molecule has 0 radical (unpaired) electrons. The largest absolute Gasteiger partial charge is 0.330 e. The van der Waals surface area contributed by atoms with E-state index in [-0.39, 0.29) is 19.0 Å². The van der Waals surface area contributed by atoms with Gasteiger partial charge in [-0.2, -0.15) is 0 Å². The van der Waals surface area contributed by atoms with Crippen molar-refractivity contribution in [3.05, 3.63) is 34.9 Å². The van der Waals surface area contributed by atoms with Crippen LogP contribution in [0.15, 0.2) is 18.2 Å². The van der Waals surface area contributed by atoms with E-state index in [0.29, 0.717) is 6.54 Å². The van der Waals surface area contributed by atoms with Gasteiger partial charge in [-0.3, -0.25) is 0 Å². The fourth-order valence-electron chi connectivity index (χ4n) is 3.35. The molecule has 2 rings (SSSR count). The molecule has 0 bridgehead atoms. The van der Waals surface area contributed by atoms with Crippen LogP contribution in [0.1, 0.15) is 42.0 Å². The molecule has 1 aliphatic rings. The number of urea groups is 1. The summed E-state index contributed by atoms with van der Waals surface area (Å²) in [5.74, 6) is 0. The molecule has 3 N–H and O–H groups in total. The van der Waals surface area contributed by atoms with Crippen LogP contribution in [0.5, 0.6) is 0 Å². The summed E-state index contributed by atoms with van der Waals surface area (Å²) in [7, 11) is 0. The quantitative estimate of drug-likeness (QED) is 0.874. The smallest absolute Gasteiger partial charge is 0.318 e. The van der Waals surface area contributed by atoms with Crippen LogP contribution in [0.2, 0.25) is 0 Å². The first-order chi connectivity index (χ1) is 11.0. The molecule has 23 heavy (non-hydrogen) atoms. The summed E-state index contributed by atoms with van der Waals surface area (Å²) >= 11 is 0. The number of alkyl halides is 2. The number of amides is 2. The fourth-order valence-corrected chi connectivity index (χ4v) is 3.35. The molecule has 0 saturated carbocycles. The predicted molar refractivity (Wildman–Crippen MR) is 86.6 cm³/mol. The first-order valence-electron chi connectivity index (χ1n) is 8.07. The molecule has 0 aliphatic carbocycles. The van der Waals surface area contributed by atoms with E-state index in [2.05, 4.69) is 5.32 Å². The number of aryl methyl sites for hydroxylation is 2. The molecule has 1 saturated heterocycles. The van der Waals surface area contributed by atoms with Gasteiger partial charge in [0.15, 0.2) is 0 Å². The summed E-state index contributed by atoms with van der Waals surface area (Å²) in [5, 5.41) is 2.45. The van der Waals surface area contributed by atoms with Crippen LogP contribution in [-0.4, -0.2) is 36.5 Å². The Morgan fingerprint density at radius 2 is 2.04 bits per heavy atom. The zero-order chi connectivity index (χ0) is 17.0. The first kappa shape index (κ1) is 17.7. The van der Waals surface area contributed by atoms with Crippen molar-refractivity contribution in [3.8, 4) is 0 Å². The Hall–Kier alpha value is -1.69. The van der Waals surface area contributed by atoms with E-state index >= 15 is 0 Å². The summed E-state index contributed by atoms with van der Waals surface area (Å²) in [4.78, 5) is 14.2. The molecule has 6 heteroatoms. The Labute approximate surface area is 136 Å². The van der Waals surface area contributed by atoms with E-state index in [0.717, 1.165) is 29.5 Å². The van der Waals surface area contributed by atoms with Crippen molar-refractivity contribution in [1.82, 2.24) is 10.2 Å². The van der Waals surface area contributed by atoms with E-state index in [1.54, 1.807) is 4.90 Å². The highest BCUT2D eigenvalue weighted by Gasteiger charge is 2.33. The summed E-state index contributed by atoms with van der Waals surface area (Å²) < 4.78 is 26.0. The molecule has 2 atom stereocenters. The van der Waals surface area contributed by atoms with Crippen LogP contribution in [0.25, 0.3) is 0 Å². The number of nitrogens with one attached hydrogen (secondary N) is 1. The van der Waals surface area contributed by atoms with Crippen LogP contribution >= 0.6 is 0 Å². The van der Waals surface area contributed by atoms with Crippen LogP contribution < -0.4 is 11.1 Å². The monoisotopic (exact) mass is 325 g/mol. The number of likely N-dealkylation sites (tertiary alicyclic amines) is 1.